The highest BCUT2D eigenvalue weighted by atomic mass is 16.5. The van der Waals surface area contributed by atoms with Crippen molar-refractivity contribution >= 4 is 5.69 Å². The molecule has 0 aliphatic carbocycles. The zero-order chi connectivity index (χ0) is 11.4. The third-order valence-electron chi connectivity index (χ3n) is 2.14. The Hall–Kier alpha value is -2.07. The molecule has 0 spiro atoms. The summed E-state index contributed by atoms with van der Waals surface area (Å²) in [7, 11) is 0. The number of anilines is 1. The molecule has 16 heavy (non-hydrogen) atoms. The lowest BCUT2D eigenvalue weighted by Gasteiger charge is -2.05. The molecule has 0 bridgehead atoms. The van der Waals surface area contributed by atoms with Crippen LogP contribution in [0.5, 0.6) is 11.6 Å². The van der Waals surface area contributed by atoms with E-state index < -0.39 is 0 Å². The molecule has 2 aromatic rings. The minimum atomic E-state index is 0.487. The van der Waals surface area contributed by atoms with Crippen LogP contribution in [0.15, 0.2) is 42.6 Å². The number of rotatable bonds is 3. The SMILES string of the molecule is NCc1ccc(Oc2cc(N)ccn2)cc1. The summed E-state index contributed by atoms with van der Waals surface area (Å²) in [6.45, 7) is 0.525. The van der Waals surface area contributed by atoms with Gasteiger partial charge in [0.15, 0.2) is 0 Å². The van der Waals surface area contributed by atoms with Gasteiger partial charge in [-0.25, -0.2) is 4.98 Å². The fraction of sp³-hybridized carbons (Fsp3) is 0.0833. The summed E-state index contributed by atoms with van der Waals surface area (Å²) in [5.41, 5.74) is 12.8. The van der Waals surface area contributed by atoms with Gasteiger partial charge in [0, 0.05) is 24.5 Å². The first kappa shape index (κ1) is 10.4. The van der Waals surface area contributed by atoms with Crippen LogP contribution in [0.4, 0.5) is 5.69 Å². The summed E-state index contributed by atoms with van der Waals surface area (Å²) >= 11 is 0. The smallest absolute Gasteiger partial charge is 0.221 e. The molecule has 0 atom stereocenters. The maximum Gasteiger partial charge on any atom is 0.221 e. The van der Waals surface area contributed by atoms with Gasteiger partial charge in [-0.2, -0.15) is 0 Å². The zero-order valence-corrected chi connectivity index (χ0v) is 8.76. The fourth-order valence-corrected chi connectivity index (χ4v) is 1.29. The molecule has 0 unspecified atom stereocenters. The van der Waals surface area contributed by atoms with Gasteiger partial charge in [0.1, 0.15) is 5.75 Å². The number of nitrogens with zero attached hydrogens (tertiary/aromatic N) is 1. The highest BCUT2D eigenvalue weighted by Crippen LogP contribution is 2.20. The summed E-state index contributed by atoms with van der Waals surface area (Å²) in [6, 6.07) is 10.9. The molecule has 0 saturated carbocycles. The van der Waals surface area contributed by atoms with E-state index in [-0.39, 0.29) is 0 Å². The molecule has 1 heterocycles. The number of ether oxygens (including phenoxy) is 1. The van der Waals surface area contributed by atoms with Crippen molar-refractivity contribution < 1.29 is 4.74 Å². The number of nitrogens with two attached hydrogens (primary N) is 2. The molecule has 4 heteroatoms. The average molecular weight is 215 g/mol. The Balaban J connectivity index is 2.14. The van der Waals surface area contributed by atoms with E-state index in [4.69, 9.17) is 16.2 Å². The first-order chi connectivity index (χ1) is 7.78. The standard InChI is InChI=1S/C12H13N3O/c13-8-9-1-3-11(4-2-9)16-12-7-10(14)5-6-15-12/h1-7H,8,13H2,(H2,14,15). The van der Waals surface area contributed by atoms with Crippen LogP contribution in [0, 0.1) is 0 Å². The molecule has 0 aliphatic rings. The fourth-order valence-electron chi connectivity index (χ4n) is 1.29. The quantitative estimate of drug-likeness (QED) is 0.820. The van der Waals surface area contributed by atoms with Gasteiger partial charge in [-0.3, -0.25) is 0 Å². The van der Waals surface area contributed by atoms with Gasteiger partial charge in [-0.05, 0) is 23.8 Å². The monoisotopic (exact) mass is 215 g/mol. The van der Waals surface area contributed by atoms with Crippen LogP contribution in [0.2, 0.25) is 0 Å². The predicted molar refractivity (Wildman–Crippen MR) is 63.1 cm³/mol. The summed E-state index contributed by atoms with van der Waals surface area (Å²) < 4.78 is 5.53. The average Bonchev–Trinajstić information content (AvgIpc) is 2.30. The summed E-state index contributed by atoms with van der Waals surface area (Å²) in [4.78, 5) is 4.05. The molecule has 0 amide bonds. The summed E-state index contributed by atoms with van der Waals surface area (Å²) in [5.74, 6) is 1.20. The van der Waals surface area contributed by atoms with Crippen LogP contribution < -0.4 is 16.2 Å². The van der Waals surface area contributed by atoms with Crippen molar-refractivity contribution in [2.75, 3.05) is 5.73 Å². The van der Waals surface area contributed by atoms with E-state index in [9.17, 15) is 0 Å². The molecule has 1 aromatic carbocycles. The van der Waals surface area contributed by atoms with Gasteiger partial charge in [0.05, 0.1) is 0 Å². The largest absolute Gasteiger partial charge is 0.439 e. The number of benzene rings is 1. The second kappa shape index (κ2) is 4.63. The first-order valence-corrected chi connectivity index (χ1v) is 4.96. The lowest BCUT2D eigenvalue weighted by Crippen LogP contribution is -1.95. The molecule has 0 aliphatic heterocycles. The highest BCUT2D eigenvalue weighted by Gasteiger charge is 1.98. The van der Waals surface area contributed by atoms with Crippen LogP contribution in [-0.4, -0.2) is 4.98 Å². The molecule has 4 N–H and O–H groups in total. The van der Waals surface area contributed by atoms with E-state index in [2.05, 4.69) is 4.98 Å². The number of aromatic nitrogens is 1. The van der Waals surface area contributed by atoms with Crippen molar-refractivity contribution in [1.82, 2.24) is 4.98 Å². The van der Waals surface area contributed by atoms with Crippen molar-refractivity contribution in [3.8, 4) is 11.6 Å². The van der Waals surface area contributed by atoms with Crippen molar-refractivity contribution in [3.63, 3.8) is 0 Å². The predicted octanol–water partition coefficient (Wildman–Crippen LogP) is 1.91. The topological polar surface area (TPSA) is 74.2 Å². The Labute approximate surface area is 93.9 Å². The van der Waals surface area contributed by atoms with Crippen molar-refractivity contribution in [2.45, 2.75) is 6.54 Å². The second-order valence-electron chi connectivity index (χ2n) is 3.38. The summed E-state index contributed by atoms with van der Waals surface area (Å²) in [6.07, 6.45) is 1.61. The minimum Gasteiger partial charge on any atom is -0.439 e. The first-order valence-electron chi connectivity index (χ1n) is 4.96. The highest BCUT2D eigenvalue weighted by molar-refractivity contribution is 5.41. The van der Waals surface area contributed by atoms with Crippen LogP contribution in [0.1, 0.15) is 5.56 Å². The molecule has 0 fully saturated rings. The van der Waals surface area contributed by atoms with E-state index in [1.807, 2.05) is 24.3 Å². The van der Waals surface area contributed by atoms with Crippen molar-refractivity contribution in [1.29, 1.82) is 0 Å². The van der Waals surface area contributed by atoms with Crippen LogP contribution in [-0.2, 0) is 6.54 Å². The molecular weight excluding hydrogens is 202 g/mol. The Kier molecular flexibility index (Phi) is 3.03. The van der Waals surface area contributed by atoms with Gasteiger partial charge in [-0.1, -0.05) is 12.1 Å². The maximum atomic E-state index is 5.62. The molecule has 4 nitrogen and oxygen atoms in total. The normalized spacial score (nSPS) is 10.1. The maximum absolute atomic E-state index is 5.62. The van der Waals surface area contributed by atoms with Gasteiger partial charge < -0.3 is 16.2 Å². The van der Waals surface area contributed by atoms with E-state index in [1.54, 1.807) is 18.3 Å². The van der Waals surface area contributed by atoms with E-state index >= 15 is 0 Å². The Morgan fingerprint density at radius 1 is 1.12 bits per heavy atom. The third kappa shape index (κ3) is 2.49. The Morgan fingerprint density at radius 3 is 2.50 bits per heavy atom. The van der Waals surface area contributed by atoms with Crippen molar-refractivity contribution in [2.24, 2.45) is 5.73 Å². The Morgan fingerprint density at radius 2 is 1.88 bits per heavy atom. The number of pyridine rings is 1. The van der Waals surface area contributed by atoms with E-state index in [1.165, 1.54) is 0 Å². The lowest BCUT2D eigenvalue weighted by atomic mass is 10.2. The zero-order valence-electron chi connectivity index (χ0n) is 8.76. The molecule has 0 saturated heterocycles. The third-order valence-corrected chi connectivity index (χ3v) is 2.14. The van der Waals surface area contributed by atoms with E-state index in [0.29, 0.717) is 18.1 Å². The van der Waals surface area contributed by atoms with Crippen LogP contribution in [0.3, 0.4) is 0 Å². The lowest BCUT2D eigenvalue weighted by molar-refractivity contribution is 0.463. The van der Waals surface area contributed by atoms with Gasteiger partial charge >= 0.3 is 0 Å². The molecule has 0 radical (unpaired) electrons. The van der Waals surface area contributed by atoms with Gasteiger partial charge in [-0.15, -0.1) is 0 Å². The van der Waals surface area contributed by atoms with E-state index in [0.717, 1.165) is 11.3 Å². The molecule has 82 valence electrons. The minimum absolute atomic E-state index is 0.487. The van der Waals surface area contributed by atoms with Crippen molar-refractivity contribution in [3.05, 3.63) is 48.2 Å². The van der Waals surface area contributed by atoms with Gasteiger partial charge in [0.2, 0.25) is 5.88 Å². The summed E-state index contributed by atoms with van der Waals surface area (Å²) in [5, 5.41) is 0. The second-order valence-corrected chi connectivity index (χ2v) is 3.38. The van der Waals surface area contributed by atoms with Crippen LogP contribution >= 0.6 is 0 Å². The van der Waals surface area contributed by atoms with Gasteiger partial charge in [0.25, 0.3) is 0 Å². The molecular formula is C12H13N3O. The number of hydrogen-bond donors (Lipinski definition) is 2. The molecule has 1 aromatic heterocycles. The van der Waals surface area contributed by atoms with Crippen LogP contribution in [0.25, 0.3) is 0 Å². The number of nitrogen functional groups attached to an aromatic ring is 1. The molecule has 2 rings (SSSR count). The Bertz CT molecular complexity index is 468. The number of hydrogen-bond acceptors (Lipinski definition) is 4.